The molecule has 43 heavy (non-hydrogen) atoms. The highest BCUT2D eigenvalue weighted by molar-refractivity contribution is 7.25. The topological polar surface area (TPSA) is 25.8 Å². The Hall–Kier alpha value is -5.38. The smallest absolute Gasteiger partial charge is 0.0971 e. The van der Waals surface area contributed by atoms with E-state index in [-0.39, 0.29) is 0 Å². The fraction of sp³-hybridized carbons (Fsp3) is 0. The Kier molecular flexibility index (Phi) is 5.40. The van der Waals surface area contributed by atoms with Gasteiger partial charge in [0.15, 0.2) is 0 Å². The fourth-order valence-corrected chi connectivity index (χ4v) is 7.56. The molecule has 9 rings (SSSR count). The van der Waals surface area contributed by atoms with Gasteiger partial charge >= 0.3 is 0 Å². The van der Waals surface area contributed by atoms with Gasteiger partial charge in [-0.1, -0.05) is 97.1 Å². The van der Waals surface area contributed by atoms with Crippen LogP contribution in [0.1, 0.15) is 0 Å². The van der Waals surface area contributed by atoms with Gasteiger partial charge in [-0.05, 0) is 80.6 Å². The van der Waals surface area contributed by atoms with E-state index >= 15 is 0 Å². The Balaban J connectivity index is 1.14. The van der Waals surface area contributed by atoms with E-state index in [1.54, 1.807) is 12.4 Å². The maximum Gasteiger partial charge on any atom is 0.0971 e. The van der Waals surface area contributed by atoms with Crippen LogP contribution in [-0.4, -0.2) is 9.97 Å². The van der Waals surface area contributed by atoms with Gasteiger partial charge in [-0.2, -0.15) is 0 Å². The Bertz CT molecular complexity index is 2490. The van der Waals surface area contributed by atoms with Crippen molar-refractivity contribution in [3.8, 4) is 33.4 Å². The molecule has 2 aromatic heterocycles. The zero-order valence-corrected chi connectivity index (χ0v) is 24.0. The van der Waals surface area contributed by atoms with Crippen LogP contribution in [0, 0.1) is 0 Å². The molecule has 9 aromatic rings. The number of hydrogen-bond acceptors (Lipinski definition) is 3. The minimum atomic E-state index is 0.946. The molecule has 0 aliphatic heterocycles. The molecule has 0 aliphatic carbocycles. The molecule has 0 fully saturated rings. The predicted molar refractivity (Wildman–Crippen MR) is 184 cm³/mol. The first kappa shape index (κ1) is 24.2. The summed E-state index contributed by atoms with van der Waals surface area (Å²) in [5.41, 5.74) is 9.16. The van der Waals surface area contributed by atoms with Crippen LogP contribution in [0.5, 0.6) is 0 Å². The second kappa shape index (κ2) is 9.59. The molecular formula is C40H24N2S. The van der Waals surface area contributed by atoms with Crippen molar-refractivity contribution in [3.63, 3.8) is 0 Å². The van der Waals surface area contributed by atoms with Gasteiger partial charge in [0.05, 0.1) is 11.0 Å². The van der Waals surface area contributed by atoms with Crippen molar-refractivity contribution in [2.24, 2.45) is 0 Å². The summed E-state index contributed by atoms with van der Waals surface area (Å²) in [6.07, 6.45) is 3.56. The molecule has 0 bridgehead atoms. The first-order valence-corrected chi connectivity index (χ1v) is 15.3. The van der Waals surface area contributed by atoms with Crippen LogP contribution in [0.2, 0.25) is 0 Å². The zero-order chi connectivity index (χ0) is 28.3. The molecule has 0 saturated heterocycles. The molecule has 2 heterocycles. The molecule has 0 aliphatic rings. The van der Waals surface area contributed by atoms with Gasteiger partial charge in [-0.15, -0.1) is 11.3 Å². The van der Waals surface area contributed by atoms with Crippen LogP contribution in [-0.2, 0) is 0 Å². The lowest BCUT2D eigenvalue weighted by Gasteiger charge is -2.12. The van der Waals surface area contributed by atoms with Gasteiger partial charge in [0.1, 0.15) is 0 Å². The lowest BCUT2D eigenvalue weighted by Crippen LogP contribution is -1.89. The molecule has 0 unspecified atom stereocenters. The second-order valence-electron chi connectivity index (χ2n) is 11.0. The highest BCUT2D eigenvalue weighted by atomic mass is 32.1. The van der Waals surface area contributed by atoms with Gasteiger partial charge in [0, 0.05) is 43.3 Å². The molecule has 0 N–H and O–H groups in total. The van der Waals surface area contributed by atoms with Gasteiger partial charge in [-0.3, -0.25) is 9.97 Å². The Morgan fingerprint density at radius 2 is 0.814 bits per heavy atom. The van der Waals surface area contributed by atoms with Crippen LogP contribution in [0.15, 0.2) is 146 Å². The summed E-state index contributed by atoms with van der Waals surface area (Å²) in [5.74, 6) is 0. The van der Waals surface area contributed by atoms with Crippen LogP contribution < -0.4 is 0 Å². The maximum atomic E-state index is 4.72. The van der Waals surface area contributed by atoms with Gasteiger partial charge < -0.3 is 0 Å². The van der Waals surface area contributed by atoms with Crippen molar-refractivity contribution in [2.75, 3.05) is 0 Å². The third-order valence-corrected chi connectivity index (χ3v) is 9.70. The SMILES string of the molecule is c1cc(-c2cccc(-c3ccc4c(c3)c3ccccc3c3nccnc43)c2)cc(-c2ccc3sc4ccccc4c3c2)c1. The first-order chi connectivity index (χ1) is 21.3. The van der Waals surface area contributed by atoms with E-state index in [0.717, 1.165) is 21.8 Å². The van der Waals surface area contributed by atoms with E-state index in [1.807, 2.05) is 11.3 Å². The van der Waals surface area contributed by atoms with E-state index in [0.29, 0.717) is 0 Å². The van der Waals surface area contributed by atoms with Crippen molar-refractivity contribution in [1.82, 2.24) is 9.97 Å². The summed E-state index contributed by atoms with van der Waals surface area (Å²) in [4.78, 5) is 9.39. The number of nitrogens with zero attached hydrogens (tertiary/aromatic N) is 2. The predicted octanol–water partition coefficient (Wildman–Crippen LogP) is 11.3. The molecule has 0 spiro atoms. The highest BCUT2D eigenvalue weighted by Crippen LogP contribution is 2.38. The third kappa shape index (κ3) is 3.93. The van der Waals surface area contributed by atoms with E-state index < -0.39 is 0 Å². The minimum Gasteiger partial charge on any atom is -0.252 e. The van der Waals surface area contributed by atoms with Gasteiger partial charge in [-0.25, -0.2) is 0 Å². The van der Waals surface area contributed by atoms with Gasteiger partial charge in [0.25, 0.3) is 0 Å². The average molecular weight is 565 g/mol. The monoisotopic (exact) mass is 564 g/mol. The summed E-state index contributed by atoms with van der Waals surface area (Å²) in [6.45, 7) is 0. The van der Waals surface area contributed by atoms with Crippen molar-refractivity contribution < 1.29 is 0 Å². The number of hydrogen-bond donors (Lipinski definition) is 0. The molecule has 2 nitrogen and oxygen atoms in total. The standard InChI is InChI=1S/C40H24N2S/c1-2-13-33-31(11-1)35-23-29(15-17-34(35)40-39(33)41-19-20-42-40)27-9-5-7-25(21-27)26-8-6-10-28(22-26)30-16-18-38-36(24-30)32-12-3-4-14-37(32)43-38/h1-24H. The summed E-state index contributed by atoms with van der Waals surface area (Å²) < 4.78 is 2.67. The summed E-state index contributed by atoms with van der Waals surface area (Å²) in [7, 11) is 0. The zero-order valence-electron chi connectivity index (χ0n) is 23.2. The Morgan fingerprint density at radius 3 is 1.49 bits per heavy atom. The number of benzene rings is 7. The summed E-state index contributed by atoms with van der Waals surface area (Å²) in [6, 6.07) is 48.5. The lowest BCUT2D eigenvalue weighted by molar-refractivity contribution is 1.31. The minimum absolute atomic E-state index is 0.946. The average Bonchev–Trinajstić information content (AvgIpc) is 3.46. The van der Waals surface area contributed by atoms with E-state index in [9.17, 15) is 0 Å². The largest absolute Gasteiger partial charge is 0.252 e. The van der Waals surface area contributed by atoms with Crippen molar-refractivity contribution in [3.05, 3.63) is 146 Å². The molecule has 0 atom stereocenters. The summed E-state index contributed by atoms with van der Waals surface area (Å²) in [5, 5.41) is 7.32. The molecule has 0 saturated carbocycles. The van der Waals surface area contributed by atoms with Crippen LogP contribution in [0.3, 0.4) is 0 Å². The first-order valence-electron chi connectivity index (χ1n) is 14.5. The Labute approximate surface area is 252 Å². The Morgan fingerprint density at radius 1 is 0.326 bits per heavy atom. The maximum absolute atomic E-state index is 4.72. The second-order valence-corrected chi connectivity index (χ2v) is 12.1. The molecule has 0 amide bonds. The molecule has 200 valence electrons. The van der Waals surface area contributed by atoms with Crippen LogP contribution in [0.25, 0.3) is 86.1 Å². The lowest BCUT2D eigenvalue weighted by atomic mass is 9.93. The van der Waals surface area contributed by atoms with Crippen LogP contribution >= 0.6 is 11.3 Å². The van der Waals surface area contributed by atoms with Gasteiger partial charge in [0.2, 0.25) is 0 Å². The van der Waals surface area contributed by atoms with E-state index in [1.165, 1.54) is 64.3 Å². The van der Waals surface area contributed by atoms with Crippen molar-refractivity contribution >= 4 is 64.1 Å². The molecule has 3 heteroatoms. The van der Waals surface area contributed by atoms with E-state index in [2.05, 4.69) is 138 Å². The normalized spacial score (nSPS) is 11.7. The third-order valence-electron chi connectivity index (χ3n) is 8.55. The molecule has 0 radical (unpaired) electrons. The van der Waals surface area contributed by atoms with Crippen molar-refractivity contribution in [1.29, 1.82) is 0 Å². The number of rotatable bonds is 3. The quantitative estimate of drug-likeness (QED) is 0.199. The van der Waals surface area contributed by atoms with Crippen molar-refractivity contribution in [2.45, 2.75) is 0 Å². The molecular weight excluding hydrogens is 541 g/mol. The fourth-order valence-electron chi connectivity index (χ4n) is 6.47. The highest BCUT2D eigenvalue weighted by Gasteiger charge is 2.12. The number of fused-ring (bicyclic) bond motifs is 9. The number of thiophene rings is 1. The van der Waals surface area contributed by atoms with Crippen LogP contribution in [0.4, 0.5) is 0 Å². The molecule has 7 aromatic carbocycles. The van der Waals surface area contributed by atoms with E-state index in [4.69, 9.17) is 4.98 Å². The summed E-state index contributed by atoms with van der Waals surface area (Å²) >= 11 is 1.86. The number of aromatic nitrogens is 2.